The lowest BCUT2D eigenvalue weighted by atomic mass is 10.1. The zero-order valence-electron chi connectivity index (χ0n) is 8.75. The summed E-state index contributed by atoms with van der Waals surface area (Å²) >= 11 is 0. The normalized spacial score (nSPS) is 15.4. The van der Waals surface area contributed by atoms with Crippen LogP contribution in [0.1, 0.15) is 27.2 Å². The van der Waals surface area contributed by atoms with Gasteiger partial charge in [0.1, 0.15) is 0 Å². The zero-order chi connectivity index (χ0) is 10.3. The Labute approximate surface area is 80.8 Å². The molecule has 76 valence electrons. The average Bonchev–Trinajstić information content (AvgIpc) is 2.02. The molecule has 3 nitrogen and oxygen atoms in total. The Morgan fingerprint density at radius 3 is 2.38 bits per heavy atom. The smallest absolute Gasteiger partial charge is 0.0667 e. The van der Waals surface area contributed by atoms with Gasteiger partial charge < -0.3 is 10.4 Å². The van der Waals surface area contributed by atoms with E-state index >= 15 is 0 Å². The summed E-state index contributed by atoms with van der Waals surface area (Å²) in [5.74, 6) is 0.538. The highest BCUT2D eigenvalue weighted by molar-refractivity contribution is 4.80. The fourth-order valence-electron chi connectivity index (χ4n) is 1.14. The third-order valence-corrected chi connectivity index (χ3v) is 1.79. The molecule has 0 aromatic carbocycles. The summed E-state index contributed by atoms with van der Waals surface area (Å²) in [4.78, 5) is 0. The van der Waals surface area contributed by atoms with Crippen molar-refractivity contribution in [1.82, 2.24) is 5.32 Å². The second kappa shape index (κ2) is 6.88. The van der Waals surface area contributed by atoms with Gasteiger partial charge in [0.25, 0.3) is 0 Å². The van der Waals surface area contributed by atoms with Gasteiger partial charge in [-0.3, -0.25) is 0 Å². The van der Waals surface area contributed by atoms with Crippen molar-refractivity contribution in [3.8, 4) is 6.07 Å². The molecule has 3 heteroatoms. The largest absolute Gasteiger partial charge is 0.392 e. The lowest BCUT2D eigenvalue weighted by Gasteiger charge is -2.14. The first-order chi connectivity index (χ1) is 6.06. The standard InChI is InChI=1S/C10H20N2O/c1-8(2)4-10(13)7-12-6-9(3)5-11/h8-10,12-13H,4,6-7H2,1-3H3. The number of hydrogen-bond acceptors (Lipinski definition) is 3. The monoisotopic (exact) mass is 184 g/mol. The molecule has 0 rings (SSSR count). The summed E-state index contributed by atoms with van der Waals surface area (Å²) in [6.45, 7) is 7.28. The van der Waals surface area contributed by atoms with Gasteiger partial charge in [0.2, 0.25) is 0 Å². The summed E-state index contributed by atoms with van der Waals surface area (Å²) in [7, 11) is 0. The fraction of sp³-hybridized carbons (Fsp3) is 0.900. The van der Waals surface area contributed by atoms with Crippen LogP contribution in [-0.2, 0) is 0 Å². The van der Waals surface area contributed by atoms with E-state index < -0.39 is 0 Å². The summed E-state index contributed by atoms with van der Waals surface area (Å²) in [5.41, 5.74) is 0. The molecule has 0 aromatic heterocycles. The summed E-state index contributed by atoms with van der Waals surface area (Å²) in [6, 6.07) is 2.14. The van der Waals surface area contributed by atoms with Crippen molar-refractivity contribution < 1.29 is 5.11 Å². The van der Waals surface area contributed by atoms with E-state index in [0.717, 1.165) is 6.42 Å². The quantitative estimate of drug-likeness (QED) is 0.651. The van der Waals surface area contributed by atoms with E-state index in [-0.39, 0.29) is 12.0 Å². The van der Waals surface area contributed by atoms with Crippen LogP contribution in [0.5, 0.6) is 0 Å². The SMILES string of the molecule is CC(C)CC(O)CNCC(C)C#N. The van der Waals surface area contributed by atoms with Gasteiger partial charge in [-0.1, -0.05) is 13.8 Å². The summed E-state index contributed by atoms with van der Waals surface area (Å²) < 4.78 is 0. The molecule has 0 fully saturated rings. The van der Waals surface area contributed by atoms with Gasteiger partial charge in [-0.25, -0.2) is 0 Å². The third kappa shape index (κ3) is 7.76. The van der Waals surface area contributed by atoms with Crippen LogP contribution >= 0.6 is 0 Å². The minimum atomic E-state index is -0.286. The molecule has 2 unspecified atom stereocenters. The predicted molar refractivity (Wildman–Crippen MR) is 53.1 cm³/mol. The lowest BCUT2D eigenvalue weighted by Crippen LogP contribution is -2.30. The highest BCUT2D eigenvalue weighted by Crippen LogP contribution is 2.03. The van der Waals surface area contributed by atoms with E-state index in [2.05, 4.69) is 25.2 Å². The minimum absolute atomic E-state index is 0.0197. The molecular formula is C10H20N2O. The van der Waals surface area contributed by atoms with E-state index in [0.29, 0.717) is 19.0 Å². The number of aliphatic hydroxyl groups is 1. The van der Waals surface area contributed by atoms with Crippen LogP contribution in [0.3, 0.4) is 0 Å². The number of aliphatic hydroxyl groups excluding tert-OH is 1. The van der Waals surface area contributed by atoms with Crippen molar-refractivity contribution in [3.63, 3.8) is 0 Å². The Morgan fingerprint density at radius 1 is 1.31 bits per heavy atom. The van der Waals surface area contributed by atoms with Crippen LogP contribution in [0.4, 0.5) is 0 Å². The van der Waals surface area contributed by atoms with Crippen molar-refractivity contribution in [3.05, 3.63) is 0 Å². The van der Waals surface area contributed by atoms with Gasteiger partial charge in [-0.15, -0.1) is 0 Å². The van der Waals surface area contributed by atoms with Crippen molar-refractivity contribution >= 4 is 0 Å². The molecule has 0 aliphatic rings. The van der Waals surface area contributed by atoms with Crippen molar-refractivity contribution in [2.45, 2.75) is 33.3 Å². The first kappa shape index (κ1) is 12.4. The molecule has 0 amide bonds. The summed E-state index contributed by atoms with van der Waals surface area (Å²) in [6.07, 6.45) is 0.527. The molecule has 0 radical (unpaired) electrons. The second-order valence-corrected chi connectivity index (χ2v) is 3.97. The van der Waals surface area contributed by atoms with Crippen LogP contribution in [0.2, 0.25) is 0 Å². The predicted octanol–water partition coefficient (Wildman–Crippen LogP) is 1.14. The van der Waals surface area contributed by atoms with Crippen LogP contribution < -0.4 is 5.32 Å². The maximum atomic E-state index is 9.46. The highest BCUT2D eigenvalue weighted by Gasteiger charge is 2.06. The van der Waals surface area contributed by atoms with E-state index in [1.165, 1.54) is 0 Å². The molecule has 13 heavy (non-hydrogen) atoms. The van der Waals surface area contributed by atoms with E-state index in [9.17, 15) is 5.11 Å². The third-order valence-electron chi connectivity index (χ3n) is 1.79. The first-order valence-electron chi connectivity index (χ1n) is 4.84. The molecule has 0 saturated carbocycles. The molecule has 2 atom stereocenters. The maximum Gasteiger partial charge on any atom is 0.0667 e. The van der Waals surface area contributed by atoms with Gasteiger partial charge >= 0.3 is 0 Å². The van der Waals surface area contributed by atoms with Gasteiger partial charge in [0.05, 0.1) is 18.1 Å². The van der Waals surface area contributed by atoms with Gasteiger partial charge in [-0.2, -0.15) is 5.26 Å². The Balaban J connectivity index is 3.38. The number of nitrogens with one attached hydrogen (secondary N) is 1. The van der Waals surface area contributed by atoms with Crippen LogP contribution in [-0.4, -0.2) is 24.3 Å². The van der Waals surface area contributed by atoms with Crippen molar-refractivity contribution in [2.24, 2.45) is 11.8 Å². The molecular weight excluding hydrogens is 164 g/mol. The zero-order valence-corrected chi connectivity index (χ0v) is 8.75. The topological polar surface area (TPSA) is 56.0 Å². The van der Waals surface area contributed by atoms with E-state index in [1.54, 1.807) is 0 Å². The second-order valence-electron chi connectivity index (χ2n) is 3.97. The molecule has 2 N–H and O–H groups in total. The Hall–Kier alpha value is -0.590. The Morgan fingerprint density at radius 2 is 1.92 bits per heavy atom. The molecule has 0 heterocycles. The van der Waals surface area contributed by atoms with Crippen LogP contribution in [0.25, 0.3) is 0 Å². The first-order valence-corrected chi connectivity index (χ1v) is 4.84. The average molecular weight is 184 g/mol. The van der Waals surface area contributed by atoms with Crippen molar-refractivity contribution in [1.29, 1.82) is 5.26 Å². The van der Waals surface area contributed by atoms with Gasteiger partial charge in [0, 0.05) is 13.1 Å². The molecule has 0 saturated heterocycles. The van der Waals surface area contributed by atoms with Crippen LogP contribution in [0.15, 0.2) is 0 Å². The maximum absolute atomic E-state index is 9.46. The van der Waals surface area contributed by atoms with E-state index in [4.69, 9.17) is 5.26 Å². The lowest BCUT2D eigenvalue weighted by molar-refractivity contribution is 0.146. The minimum Gasteiger partial charge on any atom is -0.392 e. The molecule has 0 bridgehead atoms. The van der Waals surface area contributed by atoms with Gasteiger partial charge in [0.15, 0.2) is 0 Å². The van der Waals surface area contributed by atoms with Gasteiger partial charge in [-0.05, 0) is 19.3 Å². The number of hydrogen-bond donors (Lipinski definition) is 2. The fourth-order valence-corrected chi connectivity index (χ4v) is 1.14. The Bertz CT molecular complexity index is 163. The molecule has 0 aliphatic heterocycles. The highest BCUT2D eigenvalue weighted by atomic mass is 16.3. The van der Waals surface area contributed by atoms with E-state index in [1.807, 2.05) is 6.92 Å². The molecule has 0 aromatic rings. The molecule has 0 aliphatic carbocycles. The number of nitriles is 1. The van der Waals surface area contributed by atoms with Crippen molar-refractivity contribution in [2.75, 3.05) is 13.1 Å². The number of nitrogens with zero attached hydrogens (tertiary/aromatic N) is 1. The summed E-state index contributed by atoms with van der Waals surface area (Å²) in [5, 5.41) is 21.0. The number of rotatable bonds is 6. The van der Waals surface area contributed by atoms with Crippen LogP contribution in [0, 0.1) is 23.2 Å². The Kier molecular flexibility index (Phi) is 6.56. The molecule has 0 spiro atoms.